The summed E-state index contributed by atoms with van der Waals surface area (Å²) in [6, 6.07) is 3.67. The van der Waals surface area contributed by atoms with E-state index in [0.29, 0.717) is 5.69 Å². The van der Waals surface area contributed by atoms with Crippen molar-refractivity contribution in [3.05, 3.63) is 36.5 Å². The molecule has 0 spiro atoms. The fourth-order valence-corrected chi connectivity index (χ4v) is 0.979. The fourth-order valence-electron chi connectivity index (χ4n) is 0.979. The van der Waals surface area contributed by atoms with Gasteiger partial charge in [-0.25, -0.2) is 4.98 Å². The Morgan fingerprint density at radius 3 is 2.20 bits per heavy atom. The predicted octanol–water partition coefficient (Wildman–Crippen LogP) is 1.85. The summed E-state index contributed by atoms with van der Waals surface area (Å²) >= 11 is 0. The van der Waals surface area contributed by atoms with Crippen LogP contribution in [0.25, 0.3) is 0 Å². The number of aromatic nitrogens is 1. The first-order chi connectivity index (χ1) is 6.02. The molecule has 1 aromatic heterocycles. The SMILES string of the molecule is Cc1ccc(C(=O)N(C)C)nc1C.[CH3-].[Y]. The molecule has 0 aliphatic heterocycles. The number of carbonyl (C=O) groups is 1. The molecule has 15 heavy (non-hydrogen) atoms. The maximum Gasteiger partial charge on any atom is 0.271 e. The summed E-state index contributed by atoms with van der Waals surface area (Å²) in [7, 11) is 3.44. The van der Waals surface area contributed by atoms with Crippen LogP contribution >= 0.6 is 0 Å². The molecule has 4 heteroatoms. The second kappa shape index (κ2) is 7.07. The van der Waals surface area contributed by atoms with Crippen LogP contribution in [0, 0.1) is 21.3 Å². The van der Waals surface area contributed by atoms with Crippen LogP contribution in [-0.4, -0.2) is 29.9 Å². The van der Waals surface area contributed by atoms with Gasteiger partial charge in [0.05, 0.1) is 0 Å². The molecule has 0 aromatic carbocycles. The Balaban J connectivity index is 0. The zero-order valence-electron chi connectivity index (χ0n) is 10.0. The molecule has 1 amide bonds. The zero-order valence-corrected chi connectivity index (χ0v) is 12.9. The smallest absolute Gasteiger partial charge is 0.271 e. The summed E-state index contributed by atoms with van der Waals surface area (Å²) in [6.07, 6.45) is 0. The maximum atomic E-state index is 11.5. The molecule has 0 atom stereocenters. The molecule has 0 N–H and O–H groups in total. The van der Waals surface area contributed by atoms with Crippen LogP contribution in [0.15, 0.2) is 12.1 Å². The van der Waals surface area contributed by atoms with Crippen molar-refractivity contribution in [1.82, 2.24) is 9.88 Å². The van der Waals surface area contributed by atoms with Crippen LogP contribution in [0.5, 0.6) is 0 Å². The molecule has 0 saturated carbocycles. The van der Waals surface area contributed by atoms with Gasteiger partial charge in [-0.2, -0.15) is 0 Å². The summed E-state index contributed by atoms with van der Waals surface area (Å²) in [5, 5.41) is 0. The molecular weight excluding hydrogens is 265 g/mol. The van der Waals surface area contributed by atoms with E-state index in [0.717, 1.165) is 11.3 Å². The van der Waals surface area contributed by atoms with Gasteiger partial charge in [-0.05, 0) is 25.5 Å². The normalized spacial score (nSPS) is 8.53. The molecule has 0 bridgehead atoms. The predicted molar refractivity (Wildman–Crippen MR) is 58.1 cm³/mol. The van der Waals surface area contributed by atoms with Crippen LogP contribution in [-0.2, 0) is 32.7 Å². The average Bonchev–Trinajstić information content (AvgIpc) is 2.08. The van der Waals surface area contributed by atoms with Crippen molar-refractivity contribution in [1.29, 1.82) is 0 Å². The van der Waals surface area contributed by atoms with Crippen molar-refractivity contribution in [2.24, 2.45) is 0 Å². The van der Waals surface area contributed by atoms with E-state index in [4.69, 9.17) is 0 Å². The topological polar surface area (TPSA) is 33.2 Å². The Labute approximate surface area is 117 Å². The first kappa shape index (κ1) is 17.1. The number of nitrogens with zero attached hydrogens (tertiary/aromatic N) is 2. The van der Waals surface area contributed by atoms with Gasteiger partial charge in [0.2, 0.25) is 0 Å². The zero-order chi connectivity index (χ0) is 10.0. The molecule has 81 valence electrons. The molecular formula is C11H17N2OY-. The van der Waals surface area contributed by atoms with Gasteiger partial charge in [0.15, 0.2) is 0 Å². The largest absolute Gasteiger partial charge is 0.358 e. The third-order valence-corrected chi connectivity index (χ3v) is 1.98. The van der Waals surface area contributed by atoms with E-state index in [2.05, 4.69) is 4.98 Å². The second-order valence-corrected chi connectivity index (χ2v) is 3.30. The fraction of sp³-hybridized carbons (Fsp3) is 0.364. The number of pyridine rings is 1. The number of amides is 1. The van der Waals surface area contributed by atoms with E-state index in [1.165, 1.54) is 4.90 Å². The molecule has 3 nitrogen and oxygen atoms in total. The molecule has 1 rings (SSSR count). The van der Waals surface area contributed by atoms with Crippen LogP contribution < -0.4 is 0 Å². The van der Waals surface area contributed by atoms with Crippen LogP contribution in [0.4, 0.5) is 0 Å². The third kappa shape index (κ3) is 4.39. The molecule has 1 heterocycles. The average molecular weight is 282 g/mol. The Kier molecular flexibility index (Phi) is 8.08. The van der Waals surface area contributed by atoms with E-state index in [-0.39, 0.29) is 46.0 Å². The number of hydrogen-bond donors (Lipinski definition) is 0. The van der Waals surface area contributed by atoms with Gasteiger partial charge in [0, 0.05) is 52.5 Å². The van der Waals surface area contributed by atoms with Gasteiger partial charge in [-0.3, -0.25) is 4.79 Å². The summed E-state index contributed by atoms with van der Waals surface area (Å²) in [5.41, 5.74) is 2.52. The summed E-state index contributed by atoms with van der Waals surface area (Å²) in [5.74, 6) is -0.0527. The van der Waals surface area contributed by atoms with Crippen LogP contribution in [0.2, 0.25) is 0 Å². The van der Waals surface area contributed by atoms with Gasteiger partial charge < -0.3 is 12.3 Å². The molecule has 0 unspecified atom stereocenters. The Morgan fingerprint density at radius 2 is 1.80 bits per heavy atom. The van der Waals surface area contributed by atoms with E-state index < -0.39 is 0 Å². The van der Waals surface area contributed by atoms with Gasteiger partial charge >= 0.3 is 0 Å². The summed E-state index contributed by atoms with van der Waals surface area (Å²) in [6.45, 7) is 3.88. The second-order valence-electron chi connectivity index (χ2n) is 3.30. The molecule has 0 fully saturated rings. The quantitative estimate of drug-likeness (QED) is 0.736. The first-order valence-electron chi connectivity index (χ1n) is 4.18. The minimum absolute atomic E-state index is 0. The van der Waals surface area contributed by atoms with Crippen molar-refractivity contribution in [2.75, 3.05) is 14.1 Å². The van der Waals surface area contributed by atoms with Crippen molar-refractivity contribution in [3.8, 4) is 0 Å². The number of hydrogen-bond acceptors (Lipinski definition) is 2. The monoisotopic (exact) mass is 282 g/mol. The van der Waals surface area contributed by atoms with E-state index >= 15 is 0 Å². The maximum absolute atomic E-state index is 11.5. The Hall–Kier alpha value is -0.276. The van der Waals surface area contributed by atoms with E-state index in [1.54, 1.807) is 20.2 Å². The Morgan fingerprint density at radius 1 is 1.27 bits per heavy atom. The first-order valence-corrected chi connectivity index (χ1v) is 4.18. The van der Waals surface area contributed by atoms with Crippen LogP contribution in [0.3, 0.4) is 0 Å². The summed E-state index contributed by atoms with van der Waals surface area (Å²) < 4.78 is 0. The van der Waals surface area contributed by atoms with Crippen LogP contribution in [0.1, 0.15) is 21.7 Å². The number of carbonyl (C=O) groups excluding carboxylic acids is 1. The third-order valence-electron chi connectivity index (χ3n) is 1.98. The van der Waals surface area contributed by atoms with E-state index in [9.17, 15) is 4.79 Å². The standard InChI is InChI=1S/C10H14N2O.CH3.Y/c1-7-5-6-9(11-8(7)2)10(13)12(3)4;;/h5-6H,1-4H3;1H3;/q;-1;. The van der Waals surface area contributed by atoms with E-state index in [1.807, 2.05) is 19.9 Å². The van der Waals surface area contributed by atoms with Crippen molar-refractivity contribution in [3.63, 3.8) is 0 Å². The molecule has 0 saturated heterocycles. The minimum atomic E-state index is -0.0527. The molecule has 1 radical (unpaired) electrons. The molecule has 1 aromatic rings. The summed E-state index contributed by atoms with van der Waals surface area (Å²) in [4.78, 5) is 17.2. The van der Waals surface area contributed by atoms with Gasteiger partial charge in [0.1, 0.15) is 5.69 Å². The van der Waals surface area contributed by atoms with Gasteiger partial charge in [-0.15, -0.1) is 0 Å². The Bertz CT molecular complexity index is 337. The van der Waals surface area contributed by atoms with Crippen molar-refractivity contribution >= 4 is 5.91 Å². The van der Waals surface area contributed by atoms with Gasteiger partial charge in [0.25, 0.3) is 5.91 Å². The van der Waals surface area contributed by atoms with Gasteiger partial charge in [-0.1, -0.05) is 6.07 Å². The van der Waals surface area contributed by atoms with Crippen molar-refractivity contribution < 1.29 is 37.5 Å². The minimum Gasteiger partial charge on any atom is -0.358 e. The molecule has 0 aliphatic rings. The molecule has 0 aliphatic carbocycles. The number of rotatable bonds is 1. The number of aryl methyl sites for hydroxylation is 2. The van der Waals surface area contributed by atoms with Crippen molar-refractivity contribution in [2.45, 2.75) is 13.8 Å².